The highest BCUT2D eigenvalue weighted by Gasteiger charge is 2.36. The molecule has 0 unspecified atom stereocenters. The first kappa shape index (κ1) is 31.3. The number of benzene rings is 9. The van der Waals surface area contributed by atoms with Gasteiger partial charge in [0.2, 0.25) is 0 Å². The maximum Gasteiger partial charge on any atom is 0.118 e. The topological polar surface area (TPSA) is 9.23 Å². The fourth-order valence-electron chi connectivity index (χ4n) is 9.04. The molecule has 0 saturated carbocycles. The Balaban J connectivity index is 1.30. The standard InChI is InChI=1S/C50H35IO/c1-50(2)44-28-31(22-26-34(44)35-27-23-32(51)29-45(35)50)47-38-14-6-10-18-42(38)49(43-19-11-7-15-39(43)47)48-40-16-8-4-12-36(40)46(37-13-5-9-17-41(37)48)30-20-24-33(52-3)25-21-30/h4-29H,1-3H3. The molecule has 9 aromatic carbocycles. The molecule has 52 heavy (non-hydrogen) atoms. The zero-order valence-electron chi connectivity index (χ0n) is 29.3. The highest BCUT2D eigenvalue weighted by molar-refractivity contribution is 14.1. The predicted octanol–water partition coefficient (Wildman–Crippen LogP) is 14.2. The molecule has 0 fully saturated rings. The van der Waals surface area contributed by atoms with Crippen molar-refractivity contribution in [3.05, 3.63) is 172 Å². The monoisotopic (exact) mass is 778 g/mol. The van der Waals surface area contributed by atoms with E-state index in [2.05, 4.69) is 194 Å². The van der Waals surface area contributed by atoms with Gasteiger partial charge in [0.05, 0.1) is 7.11 Å². The molecule has 0 aromatic heterocycles. The van der Waals surface area contributed by atoms with Crippen molar-refractivity contribution < 1.29 is 4.74 Å². The minimum Gasteiger partial charge on any atom is -0.497 e. The van der Waals surface area contributed by atoms with Gasteiger partial charge in [-0.3, -0.25) is 0 Å². The first-order valence-corrected chi connectivity index (χ1v) is 19.0. The highest BCUT2D eigenvalue weighted by Crippen LogP contribution is 2.53. The number of hydrogen-bond donors (Lipinski definition) is 0. The van der Waals surface area contributed by atoms with E-state index < -0.39 is 0 Å². The summed E-state index contributed by atoms with van der Waals surface area (Å²) in [4.78, 5) is 0. The van der Waals surface area contributed by atoms with Crippen LogP contribution < -0.4 is 4.74 Å². The van der Waals surface area contributed by atoms with E-state index in [0.717, 1.165) is 5.75 Å². The molecule has 0 N–H and O–H groups in total. The fourth-order valence-corrected chi connectivity index (χ4v) is 9.53. The summed E-state index contributed by atoms with van der Waals surface area (Å²) in [6.07, 6.45) is 0. The lowest BCUT2D eigenvalue weighted by Gasteiger charge is -2.24. The summed E-state index contributed by atoms with van der Waals surface area (Å²) in [7, 11) is 1.72. The second-order valence-electron chi connectivity index (χ2n) is 14.5. The first-order valence-electron chi connectivity index (χ1n) is 17.9. The Kier molecular flexibility index (Phi) is 7.10. The average molecular weight is 779 g/mol. The van der Waals surface area contributed by atoms with Gasteiger partial charge in [-0.15, -0.1) is 0 Å². The van der Waals surface area contributed by atoms with E-state index in [1.165, 1.54) is 102 Å². The van der Waals surface area contributed by atoms with Gasteiger partial charge >= 0.3 is 0 Å². The Morgan fingerprint density at radius 2 is 0.769 bits per heavy atom. The molecule has 0 saturated heterocycles. The molecule has 248 valence electrons. The van der Waals surface area contributed by atoms with Gasteiger partial charge in [-0.25, -0.2) is 0 Å². The van der Waals surface area contributed by atoms with Gasteiger partial charge in [0.1, 0.15) is 5.75 Å². The molecule has 9 aromatic rings. The molecule has 0 heterocycles. The van der Waals surface area contributed by atoms with E-state index in [0.29, 0.717) is 0 Å². The van der Waals surface area contributed by atoms with Gasteiger partial charge in [0.15, 0.2) is 0 Å². The van der Waals surface area contributed by atoms with Crippen LogP contribution in [0.1, 0.15) is 25.0 Å². The maximum absolute atomic E-state index is 5.53. The summed E-state index contributed by atoms with van der Waals surface area (Å²) in [6, 6.07) is 58.6. The molecule has 1 nitrogen and oxygen atoms in total. The Morgan fingerprint density at radius 3 is 1.21 bits per heavy atom. The highest BCUT2D eigenvalue weighted by atomic mass is 127. The van der Waals surface area contributed by atoms with Crippen molar-refractivity contribution in [3.8, 4) is 50.3 Å². The molecule has 0 atom stereocenters. The van der Waals surface area contributed by atoms with E-state index in [4.69, 9.17) is 4.74 Å². The van der Waals surface area contributed by atoms with E-state index in [1.807, 2.05) is 0 Å². The molecule has 1 aliphatic carbocycles. The van der Waals surface area contributed by atoms with Crippen molar-refractivity contribution in [1.29, 1.82) is 0 Å². The quantitative estimate of drug-likeness (QED) is 0.128. The van der Waals surface area contributed by atoms with Gasteiger partial charge in [-0.1, -0.05) is 141 Å². The van der Waals surface area contributed by atoms with E-state index in [9.17, 15) is 0 Å². The van der Waals surface area contributed by atoms with Gasteiger partial charge in [-0.2, -0.15) is 0 Å². The van der Waals surface area contributed by atoms with Crippen LogP contribution >= 0.6 is 22.6 Å². The van der Waals surface area contributed by atoms with Crippen LogP contribution in [0.2, 0.25) is 0 Å². The minimum atomic E-state index is -0.0864. The summed E-state index contributed by atoms with van der Waals surface area (Å²) in [5, 5.41) is 10.1. The molecule has 1 aliphatic rings. The molecule has 10 rings (SSSR count). The Labute approximate surface area is 317 Å². The normalized spacial score (nSPS) is 13.2. The largest absolute Gasteiger partial charge is 0.497 e. The van der Waals surface area contributed by atoms with Gasteiger partial charge in [0.25, 0.3) is 0 Å². The van der Waals surface area contributed by atoms with E-state index in [-0.39, 0.29) is 5.41 Å². The molecule has 0 spiro atoms. The van der Waals surface area contributed by atoms with Crippen molar-refractivity contribution >= 4 is 65.7 Å². The Hall–Kier alpha value is -5.45. The molecular formula is C50H35IO. The third-order valence-electron chi connectivity index (χ3n) is 11.4. The Bertz CT molecular complexity index is 2800. The third-order valence-corrected chi connectivity index (χ3v) is 12.1. The first-order chi connectivity index (χ1) is 25.4. The summed E-state index contributed by atoms with van der Waals surface area (Å²) in [5.74, 6) is 0.859. The van der Waals surface area contributed by atoms with E-state index >= 15 is 0 Å². The van der Waals surface area contributed by atoms with Crippen molar-refractivity contribution in [2.24, 2.45) is 0 Å². The Morgan fingerprint density at radius 1 is 0.404 bits per heavy atom. The molecule has 0 aliphatic heterocycles. The SMILES string of the molecule is COc1ccc(-c2c3ccccc3c(-c3c4ccccc4c(-c4ccc5c(c4)C(C)(C)c4cc(I)ccc4-5)c4ccccc34)c3ccccc23)cc1. The number of halogens is 1. The van der Waals surface area contributed by atoms with E-state index in [1.54, 1.807) is 7.11 Å². The summed E-state index contributed by atoms with van der Waals surface area (Å²) >= 11 is 2.44. The zero-order chi connectivity index (χ0) is 35.1. The zero-order valence-corrected chi connectivity index (χ0v) is 31.5. The van der Waals surface area contributed by atoms with Crippen LogP contribution in [-0.2, 0) is 5.41 Å². The smallest absolute Gasteiger partial charge is 0.118 e. The van der Waals surface area contributed by atoms with Crippen molar-refractivity contribution in [2.45, 2.75) is 19.3 Å². The van der Waals surface area contributed by atoms with Crippen LogP contribution in [0.15, 0.2) is 158 Å². The lowest BCUT2D eigenvalue weighted by Crippen LogP contribution is -2.15. The summed E-state index contributed by atoms with van der Waals surface area (Å²) in [5.41, 5.74) is 13.0. The van der Waals surface area contributed by atoms with Crippen LogP contribution in [0.4, 0.5) is 0 Å². The molecule has 0 radical (unpaired) electrons. The van der Waals surface area contributed by atoms with Gasteiger partial charge < -0.3 is 4.74 Å². The van der Waals surface area contributed by atoms with Crippen LogP contribution in [-0.4, -0.2) is 7.11 Å². The number of ether oxygens (including phenoxy) is 1. The van der Waals surface area contributed by atoms with Crippen molar-refractivity contribution in [3.63, 3.8) is 0 Å². The van der Waals surface area contributed by atoms with Crippen LogP contribution in [0.25, 0.3) is 87.6 Å². The minimum absolute atomic E-state index is 0.0864. The maximum atomic E-state index is 5.53. The van der Waals surface area contributed by atoms with Crippen LogP contribution in [0.3, 0.4) is 0 Å². The molecule has 0 amide bonds. The molecule has 0 bridgehead atoms. The van der Waals surface area contributed by atoms with Crippen LogP contribution in [0.5, 0.6) is 5.75 Å². The van der Waals surface area contributed by atoms with Crippen molar-refractivity contribution in [1.82, 2.24) is 0 Å². The third kappa shape index (κ3) is 4.53. The summed E-state index contributed by atoms with van der Waals surface area (Å²) < 4.78 is 6.81. The summed E-state index contributed by atoms with van der Waals surface area (Å²) in [6.45, 7) is 4.76. The lowest BCUT2D eigenvalue weighted by molar-refractivity contribution is 0.415. The number of fused-ring (bicyclic) bond motifs is 7. The fraction of sp³-hybridized carbons (Fsp3) is 0.0800. The molecular weight excluding hydrogens is 743 g/mol. The second kappa shape index (κ2) is 11.8. The van der Waals surface area contributed by atoms with Gasteiger partial charge in [0, 0.05) is 8.99 Å². The average Bonchev–Trinajstić information content (AvgIpc) is 3.40. The number of rotatable bonds is 4. The predicted molar refractivity (Wildman–Crippen MR) is 230 cm³/mol. The van der Waals surface area contributed by atoms with Crippen molar-refractivity contribution in [2.75, 3.05) is 7.11 Å². The molecule has 2 heteroatoms. The van der Waals surface area contributed by atoms with Crippen LogP contribution in [0, 0.1) is 3.57 Å². The number of methoxy groups -OCH3 is 1. The number of hydrogen-bond acceptors (Lipinski definition) is 1. The second-order valence-corrected chi connectivity index (χ2v) is 15.7. The van der Waals surface area contributed by atoms with Gasteiger partial charge in [-0.05, 0) is 152 Å². The lowest BCUT2D eigenvalue weighted by atomic mass is 9.79.